The van der Waals surface area contributed by atoms with Gasteiger partial charge in [0.25, 0.3) is 5.91 Å². The molecule has 0 aliphatic carbocycles. The number of nitrogens with one attached hydrogen (secondary N) is 1. The minimum absolute atomic E-state index is 0.0281. The summed E-state index contributed by atoms with van der Waals surface area (Å²) in [7, 11) is 1.66. The molecule has 9 heteroatoms. The number of amides is 1. The molecule has 8 nitrogen and oxygen atoms in total. The van der Waals surface area contributed by atoms with Crippen LogP contribution in [-0.2, 0) is 11.2 Å². The van der Waals surface area contributed by atoms with E-state index in [0.717, 1.165) is 40.4 Å². The van der Waals surface area contributed by atoms with Crippen LogP contribution in [0.1, 0.15) is 58.0 Å². The Morgan fingerprint density at radius 2 is 2.02 bits per heavy atom. The zero-order valence-electron chi connectivity index (χ0n) is 23.1. The summed E-state index contributed by atoms with van der Waals surface area (Å²) in [4.78, 5) is 24.9. The van der Waals surface area contributed by atoms with Gasteiger partial charge in [-0.15, -0.1) is 11.3 Å². The summed E-state index contributed by atoms with van der Waals surface area (Å²) >= 11 is 1.61. The van der Waals surface area contributed by atoms with Crippen molar-refractivity contribution in [1.29, 1.82) is 0 Å². The van der Waals surface area contributed by atoms with E-state index in [0.29, 0.717) is 35.7 Å². The number of carbonyl (C=O) groups is 1. The van der Waals surface area contributed by atoms with Crippen molar-refractivity contribution in [2.75, 3.05) is 13.6 Å². The van der Waals surface area contributed by atoms with E-state index < -0.39 is 5.54 Å². The molecule has 1 unspecified atom stereocenters. The number of aliphatic imine (C=N–C) groups is 1. The van der Waals surface area contributed by atoms with Crippen LogP contribution in [0.2, 0.25) is 0 Å². The summed E-state index contributed by atoms with van der Waals surface area (Å²) in [5.41, 5.74) is 10.7. The van der Waals surface area contributed by atoms with E-state index in [1.165, 1.54) is 0 Å². The van der Waals surface area contributed by atoms with Crippen LogP contribution in [0.5, 0.6) is 0 Å². The molecule has 0 bridgehead atoms. The predicted octanol–water partition coefficient (Wildman–Crippen LogP) is 5.79. The molecule has 1 amide bonds. The molecule has 5 rings (SSSR count). The van der Waals surface area contributed by atoms with Crippen molar-refractivity contribution in [2.24, 2.45) is 10.7 Å². The minimum atomic E-state index is -0.868. The molecule has 1 saturated heterocycles. The Morgan fingerprint density at radius 3 is 2.70 bits per heavy atom. The average molecular weight is 555 g/mol. The third kappa shape index (κ3) is 5.90. The topological polar surface area (TPSA) is 109 Å². The summed E-state index contributed by atoms with van der Waals surface area (Å²) in [6, 6.07) is 17.5. The lowest BCUT2D eigenvalue weighted by Crippen LogP contribution is -2.48. The molecule has 1 aliphatic rings. The molecule has 206 valence electrons. The number of H-pyrrole nitrogens is 1. The molecule has 1 fully saturated rings. The second kappa shape index (κ2) is 11.6. The molecule has 0 radical (unpaired) electrons. The molecule has 2 aromatic heterocycles. The Hall–Kier alpha value is -4.08. The van der Waals surface area contributed by atoms with Gasteiger partial charge in [0.15, 0.2) is 0 Å². The number of hydrogen-bond donors (Lipinski definition) is 2. The molecule has 1 aliphatic heterocycles. The molecule has 4 aromatic rings. The van der Waals surface area contributed by atoms with Crippen LogP contribution in [0.25, 0.3) is 17.0 Å². The lowest BCUT2D eigenvalue weighted by atomic mass is 9.93. The van der Waals surface area contributed by atoms with Crippen LogP contribution in [0.3, 0.4) is 0 Å². The number of aromatic amines is 1. The summed E-state index contributed by atoms with van der Waals surface area (Å²) in [5.74, 6) is 0.664. The summed E-state index contributed by atoms with van der Waals surface area (Å²) in [5, 5.41) is 10.1. The Labute approximate surface area is 238 Å². The average Bonchev–Trinajstić information content (AvgIpc) is 3.73. The highest BCUT2D eigenvalue weighted by Crippen LogP contribution is 2.36. The molecule has 0 spiro atoms. The van der Waals surface area contributed by atoms with Gasteiger partial charge in [0.05, 0.1) is 17.3 Å². The van der Waals surface area contributed by atoms with Gasteiger partial charge in [-0.3, -0.25) is 14.9 Å². The molecule has 40 heavy (non-hydrogen) atoms. The van der Waals surface area contributed by atoms with E-state index >= 15 is 0 Å². The quantitative estimate of drug-likeness (QED) is 0.163. The van der Waals surface area contributed by atoms with Crippen LogP contribution in [0.15, 0.2) is 77.7 Å². The SMILES string of the molecule is C=C(OC(=NC)C(C)(N)Cc1ccccc1)c1cc(C(=O)N2CCC[C@@H]2c2nc(C)cs2)cc(-c2ccn[nH]2)c1. The predicted molar refractivity (Wildman–Crippen MR) is 160 cm³/mol. The van der Waals surface area contributed by atoms with Crippen molar-refractivity contribution in [2.45, 2.75) is 44.7 Å². The van der Waals surface area contributed by atoms with E-state index in [9.17, 15) is 4.79 Å². The molecule has 0 saturated carbocycles. The van der Waals surface area contributed by atoms with Crippen molar-refractivity contribution in [3.63, 3.8) is 0 Å². The second-order valence-corrected chi connectivity index (χ2v) is 11.3. The maximum atomic E-state index is 13.9. The van der Waals surface area contributed by atoms with E-state index in [4.69, 9.17) is 10.5 Å². The van der Waals surface area contributed by atoms with Crippen molar-refractivity contribution in [3.8, 4) is 11.3 Å². The van der Waals surface area contributed by atoms with E-state index in [1.807, 2.05) is 78.7 Å². The molecule has 3 heterocycles. The second-order valence-electron chi connectivity index (χ2n) is 10.4. The summed E-state index contributed by atoms with van der Waals surface area (Å²) < 4.78 is 6.22. The van der Waals surface area contributed by atoms with Gasteiger partial charge in [0.1, 0.15) is 10.8 Å². The van der Waals surface area contributed by atoms with Gasteiger partial charge < -0.3 is 15.4 Å². The first-order valence-electron chi connectivity index (χ1n) is 13.3. The number of hydrogen-bond acceptors (Lipinski definition) is 7. The van der Waals surface area contributed by atoms with Crippen molar-refractivity contribution < 1.29 is 9.53 Å². The van der Waals surface area contributed by atoms with Gasteiger partial charge in [-0.05, 0) is 62.9 Å². The number of nitrogens with two attached hydrogens (primary N) is 1. The number of carbonyl (C=O) groups excluding carboxylic acids is 1. The zero-order chi connectivity index (χ0) is 28.3. The maximum Gasteiger partial charge on any atom is 0.254 e. The Bertz CT molecular complexity index is 1520. The van der Waals surface area contributed by atoms with Crippen LogP contribution in [0, 0.1) is 6.92 Å². The standard InChI is InChI=1S/C31H34N6O2S/c1-20-19-40-28(35-20)27-11-8-14-37(27)29(38)25-16-23(15-24(17-25)26-12-13-34-36-26)21(2)39-30(33-4)31(3,32)18-22-9-6-5-7-10-22/h5-7,9-10,12-13,15-17,19,27H,2,8,11,14,18,32H2,1,3-4H3,(H,34,36)/t27-,31?/m1/s1. The van der Waals surface area contributed by atoms with Crippen LogP contribution in [-0.4, -0.2) is 51.0 Å². The molecular formula is C31H34N6O2S. The fourth-order valence-electron chi connectivity index (χ4n) is 5.13. The first-order valence-corrected chi connectivity index (χ1v) is 14.2. The van der Waals surface area contributed by atoms with Crippen LogP contribution >= 0.6 is 11.3 Å². The van der Waals surface area contributed by atoms with E-state index in [1.54, 1.807) is 24.6 Å². The van der Waals surface area contributed by atoms with Crippen molar-refractivity contribution in [1.82, 2.24) is 20.1 Å². The molecular weight excluding hydrogens is 520 g/mol. The first kappa shape index (κ1) is 27.5. The third-order valence-corrected chi connectivity index (χ3v) is 8.14. The third-order valence-electron chi connectivity index (χ3n) is 7.07. The van der Waals surface area contributed by atoms with Gasteiger partial charge >= 0.3 is 0 Å². The highest BCUT2D eigenvalue weighted by Gasteiger charge is 2.33. The van der Waals surface area contributed by atoms with Gasteiger partial charge in [-0.25, -0.2) is 4.98 Å². The van der Waals surface area contributed by atoms with Crippen molar-refractivity contribution >= 4 is 28.9 Å². The molecule has 2 aromatic carbocycles. The monoisotopic (exact) mass is 554 g/mol. The highest BCUT2D eigenvalue weighted by atomic mass is 32.1. The number of likely N-dealkylation sites (tertiary alicyclic amines) is 1. The lowest BCUT2D eigenvalue weighted by molar-refractivity contribution is 0.0735. The van der Waals surface area contributed by atoms with Gasteiger partial charge in [-0.1, -0.05) is 36.9 Å². The smallest absolute Gasteiger partial charge is 0.254 e. The number of aromatic nitrogens is 3. The van der Waals surface area contributed by atoms with Gasteiger partial charge in [0.2, 0.25) is 5.90 Å². The molecule has 2 atom stereocenters. The number of nitrogens with zero attached hydrogens (tertiary/aromatic N) is 4. The summed E-state index contributed by atoms with van der Waals surface area (Å²) in [6.07, 6.45) is 4.05. The Kier molecular flexibility index (Phi) is 7.95. The Balaban J connectivity index is 1.44. The normalized spacial score (nSPS) is 17.1. The van der Waals surface area contributed by atoms with Crippen molar-refractivity contribution in [3.05, 3.63) is 100 Å². The number of ether oxygens (including phenoxy) is 1. The minimum Gasteiger partial charge on any atom is -0.441 e. The van der Waals surface area contributed by atoms with E-state index in [-0.39, 0.29) is 11.9 Å². The van der Waals surface area contributed by atoms with Crippen LogP contribution in [0.4, 0.5) is 0 Å². The lowest BCUT2D eigenvalue weighted by Gasteiger charge is -2.27. The first-order chi connectivity index (χ1) is 19.2. The van der Waals surface area contributed by atoms with Gasteiger partial charge in [0, 0.05) is 47.6 Å². The number of thiazole rings is 1. The fraction of sp³-hybridized carbons (Fsp3) is 0.290. The zero-order valence-corrected chi connectivity index (χ0v) is 23.9. The summed E-state index contributed by atoms with van der Waals surface area (Å²) in [6.45, 7) is 8.75. The maximum absolute atomic E-state index is 13.9. The Morgan fingerprint density at radius 1 is 1.25 bits per heavy atom. The van der Waals surface area contributed by atoms with Crippen LogP contribution < -0.4 is 5.73 Å². The largest absolute Gasteiger partial charge is 0.441 e. The molecule has 3 N–H and O–H groups in total. The number of rotatable bonds is 8. The van der Waals surface area contributed by atoms with E-state index in [2.05, 4.69) is 26.8 Å². The highest BCUT2D eigenvalue weighted by molar-refractivity contribution is 7.09. The fourth-order valence-corrected chi connectivity index (χ4v) is 6.07. The number of aryl methyl sites for hydroxylation is 1. The van der Waals surface area contributed by atoms with Gasteiger partial charge in [-0.2, -0.15) is 5.10 Å². The number of benzene rings is 2.